The molecule has 0 fully saturated rings. The van der Waals surface area contributed by atoms with E-state index in [1.165, 1.54) is 0 Å². The summed E-state index contributed by atoms with van der Waals surface area (Å²) in [5.41, 5.74) is 0. The first kappa shape index (κ1) is 12.8. The first-order chi connectivity index (χ1) is 3.93. The van der Waals surface area contributed by atoms with Gasteiger partial charge in [-0.3, -0.25) is 0 Å². The Kier molecular flexibility index (Phi) is 9.37. The van der Waals surface area contributed by atoms with E-state index in [4.69, 9.17) is 4.74 Å². The molecular formula is C7H10AuOP. The Hall–Kier alpha value is 0.190. The van der Waals surface area contributed by atoms with Crippen LogP contribution in [0.3, 0.4) is 0 Å². The van der Waals surface area contributed by atoms with E-state index in [0.717, 1.165) is 5.75 Å². The minimum Gasteiger partial charge on any atom is -0.522 e. The number of hydrogen-bond donors (Lipinski definition) is 0. The second kappa shape index (κ2) is 7.30. The first-order valence-corrected chi connectivity index (χ1v) is 2.43. The Morgan fingerprint density at radius 2 is 1.80 bits per heavy atom. The fourth-order valence-electron chi connectivity index (χ4n) is 0.508. The van der Waals surface area contributed by atoms with Crippen molar-refractivity contribution >= 4 is 9.90 Å². The normalized spacial score (nSPS) is 6.90. The zero-order valence-electron chi connectivity index (χ0n) is 5.73. The maximum absolute atomic E-state index is 4.89. The zero-order valence-corrected chi connectivity index (χ0v) is 9.31. The topological polar surface area (TPSA) is 9.23 Å². The molecule has 1 nitrogen and oxygen atoms in total. The number of methoxy groups -OCH3 is 1. The largest absolute Gasteiger partial charge is 1.00 e. The molecule has 1 rings (SSSR count). The summed E-state index contributed by atoms with van der Waals surface area (Å²) >= 11 is 0. The van der Waals surface area contributed by atoms with Crippen LogP contribution in [0.15, 0.2) is 24.3 Å². The van der Waals surface area contributed by atoms with E-state index in [0.29, 0.717) is 0 Å². The van der Waals surface area contributed by atoms with Crippen LogP contribution in [0.4, 0.5) is 0 Å². The Morgan fingerprint density at radius 3 is 2.10 bits per heavy atom. The molecule has 1 atom stereocenters. The van der Waals surface area contributed by atoms with Crippen LogP contribution in [0.5, 0.6) is 5.75 Å². The predicted octanol–water partition coefficient (Wildman–Crippen LogP) is 1.55. The average Bonchev–Trinajstić information content (AvgIpc) is 1.90. The molecule has 0 amide bonds. The summed E-state index contributed by atoms with van der Waals surface area (Å²) in [6.45, 7) is 0. The summed E-state index contributed by atoms with van der Waals surface area (Å²) in [7, 11) is 1.65. The maximum Gasteiger partial charge on any atom is 1.00 e. The fourth-order valence-corrected chi connectivity index (χ4v) is 0.508. The van der Waals surface area contributed by atoms with Gasteiger partial charge in [0.15, 0.2) is 0 Å². The maximum atomic E-state index is 4.89. The molecule has 1 aromatic rings. The summed E-state index contributed by atoms with van der Waals surface area (Å²) in [5, 5.41) is 0. The third-order valence-corrected chi connectivity index (χ3v) is 0.923. The van der Waals surface area contributed by atoms with Crippen LogP contribution in [-0.2, 0) is 22.4 Å². The molecule has 1 unspecified atom stereocenters. The third kappa shape index (κ3) is 4.08. The standard InChI is InChI=1S/C7H7O.Au.H3P/c1-8-7-5-3-2-4-6-7;;/h3-6H,1H3;;1H3/q-1;+1;. The molecule has 0 saturated heterocycles. The molecule has 3 heteroatoms. The van der Waals surface area contributed by atoms with E-state index < -0.39 is 0 Å². The molecule has 0 aliphatic rings. The van der Waals surface area contributed by atoms with Crippen LogP contribution < -0.4 is 4.74 Å². The SMILES string of the molecule is COc1cc[c-]cc1.P.[Au+]. The monoisotopic (exact) mass is 338 g/mol. The van der Waals surface area contributed by atoms with Gasteiger partial charge in [-0.1, -0.05) is 0 Å². The fraction of sp³-hybridized carbons (Fsp3) is 0.143. The van der Waals surface area contributed by atoms with Gasteiger partial charge in [-0.25, -0.2) is 0 Å². The number of hydrogen-bond acceptors (Lipinski definition) is 1. The van der Waals surface area contributed by atoms with Crippen molar-refractivity contribution in [2.24, 2.45) is 0 Å². The molecular weight excluding hydrogens is 328 g/mol. The van der Waals surface area contributed by atoms with Crippen LogP contribution in [0.25, 0.3) is 0 Å². The van der Waals surface area contributed by atoms with Crippen molar-refractivity contribution in [1.82, 2.24) is 0 Å². The second-order valence-corrected chi connectivity index (χ2v) is 1.44. The summed E-state index contributed by atoms with van der Waals surface area (Å²) < 4.78 is 4.89. The van der Waals surface area contributed by atoms with Crippen molar-refractivity contribution < 1.29 is 27.1 Å². The van der Waals surface area contributed by atoms with Crippen molar-refractivity contribution in [3.8, 4) is 5.75 Å². The van der Waals surface area contributed by atoms with Gasteiger partial charge in [0.2, 0.25) is 0 Å². The molecule has 0 heterocycles. The second-order valence-electron chi connectivity index (χ2n) is 1.44. The van der Waals surface area contributed by atoms with Gasteiger partial charge < -0.3 is 4.74 Å². The molecule has 0 aromatic heterocycles. The van der Waals surface area contributed by atoms with Crippen molar-refractivity contribution in [1.29, 1.82) is 0 Å². The van der Waals surface area contributed by atoms with Crippen LogP contribution in [0.1, 0.15) is 0 Å². The Labute approximate surface area is 80.3 Å². The first-order valence-electron chi connectivity index (χ1n) is 2.43. The van der Waals surface area contributed by atoms with Crippen molar-refractivity contribution in [2.45, 2.75) is 0 Å². The minimum atomic E-state index is 0. The molecule has 0 spiro atoms. The summed E-state index contributed by atoms with van der Waals surface area (Å²) in [5.74, 6) is 0.878. The molecule has 60 valence electrons. The molecule has 1 aromatic carbocycles. The van der Waals surface area contributed by atoms with Crippen LogP contribution >= 0.6 is 9.90 Å². The van der Waals surface area contributed by atoms with Crippen LogP contribution in [-0.4, -0.2) is 7.11 Å². The Balaban J connectivity index is 0. The van der Waals surface area contributed by atoms with Crippen molar-refractivity contribution in [3.05, 3.63) is 30.3 Å². The predicted molar refractivity (Wildman–Crippen MR) is 42.9 cm³/mol. The van der Waals surface area contributed by atoms with Gasteiger partial charge in [-0.15, -0.1) is 12.1 Å². The Morgan fingerprint density at radius 1 is 1.30 bits per heavy atom. The van der Waals surface area contributed by atoms with Gasteiger partial charge in [-0.05, 0) is 0 Å². The molecule has 0 aliphatic carbocycles. The van der Waals surface area contributed by atoms with Gasteiger partial charge in [0.1, 0.15) is 0 Å². The summed E-state index contributed by atoms with van der Waals surface area (Å²) in [4.78, 5) is 0. The number of rotatable bonds is 1. The molecule has 0 saturated carbocycles. The summed E-state index contributed by atoms with van der Waals surface area (Å²) in [6, 6.07) is 10.2. The molecule has 0 bridgehead atoms. The number of ether oxygens (including phenoxy) is 1. The molecule has 10 heavy (non-hydrogen) atoms. The van der Waals surface area contributed by atoms with Crippen molar-refractivity contribution in [2.75, 3.05) is 7.11 Å². The van der Waals surface area contributed by atoms with E-state index in [-0.39, 0.29) is 32.3 Å². The van der Waals surface area contributed by atoms with E-state index in [2.05, 4.69) is 6.07 Å². The van der Waals surface area contributed by atoms with Gasteiger partial charge in [0, 0.05) is 5.75 Å². The van der Waals surface area contributed by atoms with E-state index >= 15 is 0 Å². The molecule has 0 N–H and O–H groups in total. The van der Waals surface area contributed by atoms with Crippen molar-refractivity contribution in [3.63, 3.8) is 0 Å². The van der Waals surface area contributed by atoms with E-state index in [1.807, 2.05) is 24.3 Å². The minimum absolute atomic E-state index is 0. The quantitative estimate of drug-likeness (QED) is 0.429. The van der Waals surface area contributed by atoms with Gasteiger partial charge in [0.25, 0.3) is 0 Å². The van der Waals surface area contributed by atoms with Gasteiger partial charge >= 0.3 is 22.4 Å². The van der Waals surface area contributed by atoms with E-state index in [1.54, 1.807) is 7.11 Å². The van der Waals surface area contributed by atoms with Gasteiger partial charge in [-0.2, -0.15) is 28.1 Å². The van der Waals surface area contributed by atoms with Gasteiger partial charge in [0.05, 0.1) is 7.11 Å². The van der Waals surface area contributed by atoms with E-state index in [9.17, 15) is 0 Å². The zero-order chi connectivity index (χ0) is 5.82. The number of benzene rings is 1. The average molecular weight is 338 g/mol. The third-order valence-electron chi connectivity index (χ3n) is 0.923. The Bertz CT molecular complexity index is 155. The molecule has 0 radical (unpaired) electrons. The molecule has 0 aliphatic heterocycles. The smallest absolute Gasteiger partial charge is 0.522 e. The van der Waals surface area contributed by atoms with Crippen LogP contribution in [0, 0.1) is 6.07 Å². The van der Waals surface area contributed by atoms with Crippen LogP contribution in [0.2, 0.25) is 0 Å². The summed E-state index contributed by atoms with van der Waals surface area (Å²) in [6.07, 6.45) is 0.